The summed E-state index contributed by atoms with van der Waals surface area (Å²) >= 11 is 0. The minimum atomic E-state index is -0.112. The smallest absolute Gasteiger partial charge is 0.253 e. The third kappa shape index (κ3) is 2.32. The molecule has 0 saturated carbocycles. The van der Waals surface area contributed by atoms with Crippen LogP contribution in [0.2, 0.25) is 0 Å². The standard InChI is InChI=1S/C12H12N2O.ClH/c13-8-11-10(6-7-14-12(11)15)9-4-2-1-3-5-9;/h1-7H,8,13H2,(H,14,15);1H. The van der Waals surface area contributed by atoms with E-state index in [9.17, 15) is 4.79 Å². The molecular weight excluding hydrogens is 224 g/mol. The van der Waals surface area contributed by atoms with E-state index in [1.807, 2.05) is 36.4 Å². The zero-order chi connectivity index (χ0) is 10.7. The van der Waals surface area contributed by atoms with Crippen LogP contribution in [0.5, 0.6) is 0 Å². The summed E-state index contributed by atoms with van der Waals surface area (Å²) in [7, 11) is 0. The second kappa shape index (κ2) is 5.49. The molecular formula is C12H13ClN2O. The van der Waals surface area contributed by atoms with Gasteiger partial charge in [-0.3, -0.25) is 4.79 Å². The van der Waals surface area contributed by atoms with Gasteiger partial charge in [0, 0.05) is 18.3 Å². The van der Waals surface area contributed by atoms with Crippen LogP contribution in [0.25, 0.3) is 11.1 Å². The number of benzene rings is 1. The van der Waals surface area contributed by atoms with Crippen molar-refractivity contribution in [3.63, 3.8) is 0 Å². The van der Waals surface area contributed by atoms with E-state index in [4.69, 9.17) is 5.73 Å². The molecule has 0 amide bonds. The molecule has 0 bridgehead atoms. The fourth-order valence-corrected chi connectivity index (χ4v) is 1.60. The lowest BCUT2D eigenvalue weighted by Crippen LogP contribution is -2.16. The van der Waals surface area contributed by atoms with E-state index >= 15 is 0 Å². The Balaban J connectivity index is 0.00000128. The van der Waals surface area contributed by atoms with Crippen molar-refractivity contribution in [1.29, 1.82) is 0 Å². The summed E-state index contributed by atoms with van der Waals surface area (Å²) in [6.45, 7) is 0.250. The second-order valence-electron chi connectivity index (χ2n) is 3.27. The van der Waals surface area contributed by atoms with Gasteiger partial charge in [-0.15, -0.1) is 12.4 Å². The number of halogens is 1. The minimum Gasteiger partial charge on any atom is -0.329 e. The van der Waals surface area contributed by atoms with Crippen molar-refractivity contribution in [1.82, 2.24) is 4.98 Å². The van der Waals surface area contributed by atoms with Gasteiger partial charge in [0.2, 0.25) is 0 Å². The molecule has 2 aromatic rings. The minimum absolute atomic E-state index is 0. The Kier molecular flexibility index (Phi) is 4.28. The molecule has 4 heteroatoms. The van der Waals surface area contributed by atoms with Crippen LogP contribution in [0.15, 0.2) is 47.4 Å². The number of nitrogens with two attached hydrogens (primary N) is 1. The molecule has 0 radical (unpaired) electrons. The Hall–Kier alpha value is -1.58. The van der Waals surface area contributed by atoms with Crippen molar-refractivity contribution < 1.29 is 0 Å². The number of pyridine rings is 1. The number of hydrogen-bond acceptors (Lipinski definition) is 2. The number of rotatable bonds is 2. The molecule has 2 rings (SSSR count). The molecule has 3 nitrogen and oxygen atoms in total. The third-order valence-electron chi connectivity index (χ3n) is 2.35. The Morgan fingerprint density at radius 2 is 1.81 bits per heavy atom. The molecule has 0 aliphatic carbocycles. The number of H-pyrrole nitrogens is 1. The highest BCUT2D eigenvalue weighted by atomic mass is 35.5. The van der Waals surface area contributed by atoms with E-state index in [1.165, 1.54) is 0 Å². The first-order valence-corrected chi connectivity index (χ1v) is 4.79. The number of aromatic nitrogens is 1. The Morgan fingerprint density at radius 3 is 2.44 bits per heavy atom. The fourth-order valence-electron chi connectivity index (χ4n) is 1.60. The van der Waals surface area contributed by atoms with E-state index in [-0.39, 0.29) is 24.5 Å². The largest absolute Gasteiger partial charge is 0.329 e. The number of aromatic amines is 1. The van der Waals surface area contributed by atoms with Crippen LogP contribution in [0.3, 0.4) is 0 Å². The van der Waals surface area contributed by atoms with E-state index < -0.39 is 0 Å². The summed E-state index contributed by atoms with van der Waals surface area (Å²) in [5.74, 6) is 0. The highest BCUT2D eigenvalue weighted by Crippen LogP contribution is 2.19. The molecule has 84 valence electrons. The second-order valence-corrected chi connectivity index (χ2v) is 3.27. The van der Waals surface area contributed by atoms with Crippen LogP contribution in [0.1, 0.15) is 5.56 Å². The summed E-state index contributed by atoms with van der Waals surface area (Å²) in [6, 6.07) is 11.6. The van der Waals surface area contributed by atoms with Crippen LogP contribution in [0.4, 0.5) is 0 Å². The van der Waals surface area contributed by atoms with Gasteiger partial charge < -0.3 is 10.7 Å². The molecule has 0 atom stereocenters. The SMILES string of the molecule is Cl.NCc1c(-c2ccccc2)cc[nH]c1=O. The first kappa shape index (κ1) is 12.5. The van der Waals surface area contributed by atoms with Gasteiger partial charge in [-0.05, 0) is 17.2 Å². The van der Waals surface area contributed by atoms with E-state index in [0.717, 1.165) is 11.1 Å². The molecule has 0 spiro atoms. The average Bonchev–Trinajstić information content (AvgIpc) is 2.30. The van der Waals surface area contributed by atoms with E-state index in [1.54, 1.807) is 6.20 Å². The van der Waals surface area contributed by atoms with Crippen molar-refractivity contribution in [3.8, 4) is 11.1 Å². The third-order valence-corrected chi connectivity index (χ3v) is 2.35. The van der Waals surface area contributed by atoms with Gasteiger partial charge in [0.25, 0.3) is 5.56 Å². The molecule has 0 aliphatic heterocycles. The van der Waals surface area contributed by atoms with Gasteiger partial charge in [0.05, 0.1) is 0 Å². The van der Waals surface area contributed by atoms with Gasteiger partial charge in [-0.25, -0.2) is 0 Å². The highest BCUT2D eigenvalue weighted by Gasteiger charge is 2.06. The molecule has 3 N–H and O–H groups in total. The normalized spacial score (nSPS) is 9.56. The maximum absolute atomic E-state index is 11.5. The highest BCUT2D eigenvalue weighted by molar-refractivity contribution is 5.85. The molecule has 0 saturated heterocycles. The van der Waals surface area contributed by atoms with Crippen molar-refractivity contribution in [2.75, 3.05) is 0 Å². The maximum atomic E-state index is 11.5. The summed E-state index contributed by atoms with van der Waals surface area (Å²) in [5.41, 5.74) is 8.01. The zero-order valence-corrected chi connectivity index (χ0v) is 9.46. The van der Waals surface area contributed by atoms with E-state index in [2.05, 4.69) is 4.98 Å². The van der Waals surface area contributed by atoms with Gasteiger partial charge in [-0.2, -0.15) is 0 Å². The van der Waals surface area contributed by atoms with E-state index in [0.29, 0.717) is 5.56 Å². The van der Waals surface area contributed by atoms with Crippen molar-refractivity contribution in [2.24, 2.45) is 5.73 Å². The Labute approximate surface area is 99.7 Å². The Morgan fingerprint density at radius 1 is 1.12 bits per heavy atom. The van der Waals surface area contributed by atoms with Crippen LogP contribution in [-0.2, 0) is 6.54 Å². The fraction of sp³-hybridized carbons (Fsp3) is 0.0833. The van der Waals surface area contributed by atoms with Gasteiger partial charge >= 0.3 is 0 Å². The first-order chi connectivity index (χ1) is 7.33. The first-order valence-electron chi connectivity index (χ1n) is 4.79. The quantitative estimate of drug-likeness (QED) is 0.837. The van der Waals surface area contributed by atoms with Crippen LogP contribution in [0, 0.1) is 0 Å². The predicted molar refractivity (Wildman–Crippen MR) is 67.6 cm³/mol. The summed E-state index contributed by atoms with van der Waals surface area (Å²) in [4.78, 5) is 14.1. The Bertz CT molecular complexity index is 508. The van der Waals surface area contributed by atoms with Gasteiger partial charge in [0.1, 0.15) is 0 Å². The topological polar surface area (TPSA) is 58.9 Å². The lowest BCUT2D eigenvalue weighted by molar-refractivity contribution is 1.02. The zero-order valence-electron chi connectivity index (χ0n) is 8.64. The number of hydrogen-bond donors (Lipinski definition) is 2. The van der Waals surface area contributed by atoms with Crippen molar-refractivity contribution in [3.05, 3.63) is 58.5 Å². The maximum Gasteiger partial charge on any atom is 0.253 e. The monoisotopic (exact) mass is 236 g/mol. The lowest BCUT2D eigenvalue weighted by Gasteiger charge is -2.05. The van der Waals surface area contributed by atoms with Crippen LogP contribution < -0.4 is 11.3 Å². The van der Waals surface area contributed by atoms with Crippen molar-refractivity contribution >= 4 is 12.4 Å². The molecule has 0 unspecified atom stereocenters. The molecule has 1 aromatic carbocycles. The molecule has 0 aliphatic rings. The predicted octanol–water partition coefficient (Wildman–Crippen LogP) is 1.92. The van der Waals surface area contributed by atoms with Crippen molar-refractivity contribution in [2.45, 2.75) is 6.54 Å². The molecule has 1 aromatic heterocycles. The summed E-state index contributed by atoms with van der Waals surface area (Å²) < 4.78 is 0. The van der Waals surface area contributed by atoms with Crippen LogP contribution in [-0.4, -0.2) is 4.98 Å². The summed E-state index contributed by atoms with van der Waals surface area (Å²) in [5, 5.41) is 0. The average molecular weight is 237 g/mol. The van der Waals surface area contributed by atoms with Gasteiger partial charge in [0.15, 0.2) is 0 Å². The summed E-state index contributed by atoms with van der Waals surface area (Å²) in [6.07, 6.45) is 1.64. The van der Waals surface area contributed by atoms with Gasteiger partial charge in [-0.1, -0.05) is 30.3 Å². The molecule has 16 heavy (non-hydrogen) atoms. The number of nitrogens with one attached hydrogen (secondary N) is 1. The molecule has 0 fully saturated rings. The molecule has 1 heterocycles. The lowest BCUT2D eigenvalue weighted by atomic mass is 10.0. The van der Waals surface area contributed by atoms with Crippen LogP contribution >= 0.6 is 12.4 Å².